The molecule has 1 aromatic rings. The molecule has 0 saturated carbocycles. The van der Waals surface area contributed by atoms with E-state index in [-0.39, 0.29) is 6.03 Å². The molecule has 0 bridgehead atoms. The summed E-state index contributed by atoms with van der Waals surface area (Å²) in [5.74, 6) is 0. The van der Waals surface area contributed by atoms with Crippen LogP contribution in [0.25, 0.3) is 0 Å². The van der Waals surface area contributed by atoms with Crippen molar-refractivity contribution in [3.8, 4) is 0 Å². The predicted octanol–water partition coefficient (Wildman–Crippen LogP) is 2.85. The van der Waals surface area contributed by atoms with Gasteiger partial charge in [0.2, 0.25) is 0 Å². The number of nitrogens with zero attached hydrogens (tertiary/aromatic N) is 1. The Hall–Kier alpha value is -1.03. The summed E-state index contributed by atoms with van der Waals surface area (Å²) < 4.78 is 0.956. The Balaban J connectivity index is 2.86. The van der Waals surface area contributed by atoms with Gasteiger partial charge in [0.15, 0.2) is 0 Å². The number of nitrogens with one attached hydrogen (secondary N) is 1. The van der Waals surface area contributed by atoms with Crippen LogP contribution in [0, 0.1) is 6.92 Å². The number of aryl methyl sites for hydroxylation is 1. The van der Waals surface area contributed by atoms with Gasteiger partial charge >= 0.3 is 6.03 Å². The number of amides is 2. The summed E-state index contributed by atoms with van der Waals surface area (Å²) in [5.41, 5.74) is 1.88. The van der Waals surface area contributed by atoms with Gasteiger partial charge < -0.3 is 10.2 Å². The van der Waals surface area contributed by atoms with Crippen LogP contribution >= 0.6 is 15.9 Å². The smallest absolute Gasteiger partial charge is 0.321 e. The second-order valence-electron chi connectivity index (χ2n) is 3.28. The lowest BCUT2D eigenvalue weighted by molar-refractivity contribution is 0.230. The van der Waals surface area contributed by atoms with Crippen molar-refractivity contribution in [1.82, 2.24) is 4.90 Å². The van der Waals surface area contributed by atoms with E-state index in [0.29, 0.717) is 0 Å². The molecule has 0 aliphatic rings. The standard InChI is InChI=1S/C10H13BrN2O/c1-7-4-5-8(11)6-9(7)12-10(14)13(2)3/h4-6H,1-3H3,(H,12,14). The molecule has 14 heavy (non-hydrogen) atoms. The van der Waals surface area contributed by atoms with Crippen molar-refractivity contribution < 1.29 is 4.79 Å². The van der Waals surface area contributed by atoms with Gasteiger partial charge in [-0.15, -0.1) is 0 Å². The first-order chi connectivity index (χ1) is 6.50. The Kier molecular flexibility index (Phi) is 3.52. The summed E-state index contributed by atoms with van der Waals surface area (Å²) in [6, 6.07) is 5.67. The third-order valence-electron chi connectivity index (χ3n) is 1.85. The van der Waals surface area contributed by atoms with E-state index < -0.39 is 0 Å². The molecule has 0 fully saturated rings. The molecule has 0 saturated heterocycles. The molecule has 0 radical (unpaired) electrons. The van der Waals surface area contributed by atoms with Crippen molar-refractivity contribution in [1.29, 1.82) is 0 Å². The molecule has 3 nitrogen and oxygen atoms in total. The number of anilines is 1. The monoisotopic (exact) mass is 256 g/mol. The summed E-state index contributed by atoms with van der Waals surface area (Å²) in [5, 5.41) is 2.81. The van der Waals surface area contributed by atoms with Crippen LogP contribution < -0.4 is 5.32 Å². The molecule has 76 valence electrons. The Labute approximate surface area is 92.2 Å². The highest BCUT2D eigenvalue weighted by molar-refractivity contribution is 9.10. The first-order valence-electron chi connectivity index (χ1n) is 4.25. The summed E-state index contributed by atoms with van der Waals surface area (Å²) in [6.07, 6.45) is 0. The lowest BCUT2D eigenvalue weighted by Crippen LogP contribution is -2.27. The van der Waals surface area contributed by atoms with Gasteiger partial charge in [-0.2, -0.15) is 0 Å². The third-order valence-corrected chi connectivity index (χ3v) is 2.34. The fourth-order valence-corrected chi connectivity index (χ4v) is 1.32. The topological polar surface area (TPSA) is 32.3 Å². The first-order valence-corrected chi connectivity index (χ1v) is 5.04. The average molecular weight is 257 g/mol. The number of carbonyl (C=O) groups is 1. The lowest BCUT2D eigenvalue weighted by atomic mass is 10.2. The second kappa shape index (κ2) is 4.46. The zero-order chi connectivity index (χ0) is 10.7. The maximum absolute atomic E-state index is 11.4. The van der Waals surface area contributed by atoms with Gasteiger partial charge in [-0.3, -0.25) is 0 Å². The van der Waals surface area contributed by atoms with E-state index in [2.05, 4.69) is 21.2 Å². The maximum atomic E-state index is 11.4. The van der Waals surface area contributed by atoms with Crippen LogP contribution in [-0.2, 0) is 0 Å². The van der Waals surface area contributed by atoms with Gasteiger partial charge in [-0.05, 0) is 24.6 Å². The van der Waals surface area contributed by atoms with E-state index in [4.69, 9.17) is 0 Å². The van der Waals surface area contributed by atoms with Crippen molar-refractivity contribution in [2.75, 3.05) is 19.4 Å². The van der Waals surface area contributed by atoms with Crippen molar-refractivity contribution in [2.45, 2.75) is 6.92 Å². The van der Waals surface area contributed by atoms with Crippen molar-refractivity contribution >= 4 is 27.6 Å². The Morgan fingerprint density at radius 3 is 2.64 bits per heavy atom. The van der Waals surface area contributed by atoms with Crippen LogP contribution in [0.4, 0.5) is 10.5 Å². The number of rotatable bonds is 1. The van der Waals surface area contributed by atoms with E-state index in [1.165, 1.54) is 4.90 Å². The SMILES string of the molecule is Cc1ccc(Br)cc1NC(=O)N(C)C. The summed E-state index contributed by atoms with van der Waals surface area (Å²) in [6.45, 7) is 1.96. The van der Waals surface area contributed by atoms with Gasteiger partial charge in [-0.25, -0.2) is 4.79 Å². The zero-order valence-corrected chi connectivity index (χ0v) is 10.1. The molecular formula is C10H13BrN2O. The number of benzene rings is 1. The van der Waals surface area contributed by atoms with Crippen LogP contribution in [0.15, 0.2) is 22.7 Å². The van der Waals surface area contributed by atoms with Gasteiger partial charge in [0, 0.05) is 24.3 Å². The van der Waals surface area contributed by atoms with Crippen LogP contribution in [0.3, 0.4) is 0 Å². The summed E-state index contributed by atoms with van der Waals surface area (Å²) in [7, 11) is 3.42. The molecular weight excluding hydrogens is 244 g/mol. The van der Waals surface area contributed by atoms with E-state index in [1.807, 2.05) is 25.1 Å². The number of carbonyl (C=O) groups excluding carboxylic acids is 1. The molecule has 0 aliphatic carbocycles. The van der Waals surface area contributed by atoms with Crippen molar-refractivity contribution in [2.24, 2.45) is 0 Å². The Morgan fingerprint density at radius 1 is 1.43 bits per heavy atom. The summed E-state index contributed by atoms with van der Waals surface area (Å²) in [4.78, 5) is 12.9. The number of halogens is 1. The van der Waals surface area contributed by atoms with Crippen molar-refractivity contribution in [3.05, 3.63) is 28.2 Å². The summed E-state index contributed by atoms with van der Waals surface area (Å²) >= 11 is 3.36. The van der Waals surface area contributed by atoms with Crippen molar-refractivity contribution in [3.63, 3.8) is 0 Å². The molecule has 0 spiro atoms. The molecule has 1 N–H and O–H groups in total. The Bertz CT molecular complexity index is 350. The largest absolute Gasteiger partial charge is 0.331 e. The zero-order valence-electron chi connectivity index (χ0n) is 8.47. The fraction of sp³-hybridized carbons (Fsp3) is 0.300. The Morgan fingerprint density at radius 2 is 2.07 bits per heavy atom. The molecule has 0 heterocycles. The highest BCUT2D eigenvalue weighted by atomic mass is 79.9. The maximum Gasteiger partial charge on any atom is 0.321 e. The molecule has 1 rings (SSSR count). The molecule has 0 atom stereocenters. The quantitative estimate of drug-likeness (QED) is 0.824. The van der Waals surface area contributed by atoms with Gasteiger partial charge in [0.1, 0.15) is 0 Å². The molecule has 0 unspecified atom stereocenters. The van der Waals surface area contributed by atoms with Gasteiger partial charge in [0.05, 0.1) is 0 Å². The number of hydrogen-bond acceptors (Lipinski definition) is 1. The number of urea groups is 1. The highest BCUT2D eigenvalue weighted by Crippen LogP contribution is 2.20. The third kappa shape index (κ3) is 2.73. The molecule has 2 amide bonds. The van der Waals surface area contributed by atoms with Crippen LogP contribution in [0.2, 0.25) is 0 Å². The van der Waals surface area contributed by atoms with E-state index in [1.54, 1.807) is 14.1 Å². The minimum atomic E-state index is -0.119. The normalized spacial score (nSPS) is 9.71. The molecule has 4 heteroatoms. The predicted molar refractivity (Wildman–Crippen MR) is 61.6 cm³/mol. The van der Waals surface area contributed by atoms with Crippen LogP contribution in [0.1, 0.15) is 5.56 Å². The van der Waals surface area contributed by atoms with Gasteiger partial charge in [-0.1, -0.05) is 22.0 Å². The number of hydrogen-bond donors (Lipinski definition) is 1. The average Bonchev–Trinajstić information content (AvgIpc) is 2.11. The van der Waals surface area contributed by atoms with E-state index >= 15 is 0 Å². The molecule has 0 aromatic heterocycles. The lowest BCUT2D eigenvalue weighted by Gasteiger charge is -2.13. The minimum Gasteiger partial charge on any atom is -0.331 e. The van der Waals surface area contributed by atoms with E-state index in [0.717, 1.165) is 15.7 Å². The van der Waals surface area contributed by atoms with E-state index in [9.17, 15) is 4.79 Å². The minimum absolute atomic E-state index is 0.119. The van der Waals surface area contributed by atoms with Crippen LogP contribution in [0.5, 0.6) is 0 Å². The fourth-order valence-electron chi connectivity index (χ4n) is 0.956. The second-order valence-corrected chi connectivity index (χ2v) is 4.20. The first kappa shape index (κ1) is 11.0. The highest BCUT2D eigenvalue weighted by Gasteiger charge is 2.05. The molecule has 0 aliphatic heterocycles. The molecule has 1 aromatic carbocycles. The van der Waals surface area contributed by atoms with Gasteiger partial charge in [0.25, 0.3) is 0 Å². The van der Waals surface area contributed by atoms with Crippen LogP contribution in [-0.4, -0.2) is 25.0 Å².